The summed E-state index contributed by atoms with van der Waals surface area (Å²) in [6.07, 6.45) is 3.00. The Morgan fingerprint density at radius 1 is 1.21 bits per heavy atom. The number of carbonyl (C=O) groups is 1. The average molecular weight is 401 g/mol. The van der Waals surface area contributed by atoms with Crippen LogP contribution in [-0.2, 0) is 10.1 Å². The maximum Gasteiger partial charge on any atom is 0.309 e. The van der Waals surface area contributed by atoms with Crippen molar-refractivity contribution in [3.63, 3.8) is 0 Å². The molecule has 0 saturated carbocycles. The number of methoxy groups -OCH3 is 1. The second-order valence-corrected chi connectivity index (χ2v) is 7.65. The smallest absolute Gasteiger partial charge is 0.309 e. The SMILES string of the molecule is CCS(=O)(=O)Oc1cc(/C=N/NC(=O)c2c[nH]c3ccccc23)ccc1OC. The van der Waals surface area contributed by atoms with Crippen molar-refractivity contribution in [3.05, 3.63) is 59.8 Å². The first-order valence-corrected chi connectivity index (χ1v) is 10.0. The number of hydrogen-bond acceptors (Lipinski definition) is 6. The Bertz CT molecular complexity index is 1140. The van der Waals surface area contributed by atoms with Crippen LogP contribution in [0.25, 0.3) is 10.9 Å². The minimum atomic E-state index is -3.70. The van der Waals surface area contributed by atoms with Gasteiger partial charge in [0.1, 0.15) is 0 Å². The summed E-state index contributed by atoms with van der Waals surface area (Å²) in [6.45, 7) is 1.48. The molecule has 8 nitrogen and oxygen atoms in total. The number of hydrogen-bond donors (Lipinski definition) is 2. The Morgan fingerprint density at radius 2 is 2.00 bits per heavy atom. The summed E-state index contributed by atoms with van der Waals surface area (Å²) in [7, 11) is -2.29. The Balaban J connectivity index is 1.76. The molecular weight excluding hydrogens is 382 g/mol. The lowest BCUT2D eigenvalue weighted by Crippen LogP contribution is -2.17. The highest BCUT2D eigenvalue weighted by Crippen LogP contribution is 2.29. The molecule has 0 radical (unpaired) electrons. The number of hydrazone groups is 1. The summed E-state index contributed by atoms with van der Waals surface area (Å²) in [6, 6.07) is 12.1. The van der Waals surface area contributed by atoms with E-state index in [0.29, 0.717) is 11.1 Å². The molecule has 0 aliphatic heterocycles. The molecule has 0 bridgehead atoms. The second-order valence-electron chi connectivity index (χ2n) is 5.79. The number of benzene rings is 2. The third-order valence-electron chi connectivity index (χ3n) is 3.97. The van der Waals surface area contributed by atoms with Crippen LogP contribution in [0.15, 0.2) is 53.8 Å². The molecule has 1 amide bonds. The predicted molar refractivity (Wildman–Crippen MR) is 106 cm³/mol. The molecule has 0 unspecified atom stereocenters. The van der Waals surface area contributed by atoms with Crippen molar-refractivity contribution in [1.82, 2.24) is 10.4 Å². The maximum atomic E-state index is 12.3. The van der Waals surface area contributed by atoms with Crippen LogP contribution in [0.1, 0.15) is 22.8 Å². The molecule has 0 aliphatic carbocycles. The summed E-state index contributed by atoms with van der Waals surface area (Å²) in [5.74, 6) is -0.213. The zero-order valence-electron chi connectivity index (χ0n) is 15.3. The monoisotopic (exact) mass is 401 g/mol. The van der Waals surface area contributed by atoms with Crippen LogP contribution in [0.5, 0.6) is 11.5 Å². The van der Waals surface area contributed by atoms with Crippen LogP contribution in [-0.4, -0.2) is 38.4 Å². The van der Waals surface area contributed by atoms with Crippen molar-refractivity contribution in [2.24, 2.45) is 5.10 Å². The number of nitrogens with one attached hydrogen (secondary N) is 2. The lowest BCUT2D eigenvalue weighted by molar-refractivity contribution is 0.0957. The largest absolute Gasteiger partial charge is 0.493 e. The van der Waals surface area contributed by atoms with E-state index in [-0.39, 0.29) is 23.2 Å². The van der Waals surface area contributed by atoms with E-state index in [1.165, 1.54) is 26.3 Å². The maximum absolute atomic E-state index is 12.3. The fraction of sp³-hybridized carbons (Fsp3) is 0.158. The first-order valence-electron chi connectivity index (χ1n) is 8.43. The normalized spacial score (nSPS) is 11.6. The molecule has 3 aromatic rings. The predicted octanol–water partition coefficient (Wildman–Crippen LogP) is 2.67. The highest BCUT2D eigenvalue weighted by atomic mass is 32.2. The molecule has 1 heterocycles. The molecule has 9 heteroatoms. The lowest BCUT2D eigenvalue weighted by Gasteiger charge is -2.10. The third-order valence-corrected chi connectivity index (χ3v) is 5.11. The fourth-order valence-electron chi connectivity index (χ4n) is 2.52. The van der Waals surface area contributed by atoms with Gasteiger partial charge in [-0.15, -0.1) is 0 Å². The van der Waals surface area contributed by atoms with Gasteiger partial charge >= 0.3 is 10.1 Å². The van der Waals surface area contributed by atoms with E-state index in [0.717, 1.165) is 10.9 Å². The number of carbonyl (C=O) groups excluding carboxylic acids is 1. The van der Waals surface area contributed by atoms with Gasteiger partial charge in [-0.25, -0.2) is 5.43 Å². The minimum absolute atomic E-state index is 0.0521. The Kier molecular flexibility index (Phi) is 5.65. The van der Waals surface area contributed by atoms with Crippen molar-refractivity contribution in [3.8, 4) is 11.5 Å². The molecule has 2 aromatic carbocycles. The van der Waals surface area contributed by atoms with Gasteiger partial charge in [-0.05, 0) is 36.8 Å². The first kappa shape index (κ1) is 19.4. The summed E-state index contributed by atoms with van der Waals surface area (Å²) in [5.41, 5.74) is 4.31. The van der Waals surface area contributed by atoms with Crippen molar-refractivity contribution in [2.75, 3.05) is 12.9 Å². The van der Waals surface area contributed by atoms with Gasteiger partial charge in [-0.3, -0.25) is 4.79 Å². The average Bonchev–Trinajstić information content (AvgIpc) is 3.12. The second kappa shape index (κ2) is 8.13. The number of aromatic nitrogens is 1. The minimum Gasteiger partial charge on any atom is -0.493 e. The summed E-state index contributed by atoms with van der Waals surface area (Å²) in [4.78, 5) is 15.4. The van der Waals surface area contributed by atoms with Crippen molar-refractivity contribution >= 4 is 33.1 Å². The van der Waals surface area contributed by atoms with E-state index in [1.54, 1.807) is 18.3 Å². The van der Waals surface area contributed by atoms with Crippen LogP contribution in [0.2, 0.25) is 0 Å². The van der Waals surface area contributed by atoms with Gasteiger partial charge in [0.25, 0.3) is 5.91 Å². The standard InChI is InChI=1S/C19H19N3O5S/c1-3-28(24,25)27-18-10-13(8-9-17(18)26-2)11-21-22-19(23)15-12-20-16-7-5-4-6-14(15)16/h4-12,20H,3H2,1-2H3,(H,22,23)/b21-11+. The van der Waals surface area contributed by atoms with E-state index in [2.05, 4.69) is 15.5 Å². The molecule has 0 saturated heterocycles. The number of ether oxygens (including phenoxy) is 1. The Morgan fingerprint density at radius 3 is 2.75 bits per heavy atom. The number of amides is 1. The number of nitrogens with zero attached hydrogens (tertiary/aromatic N) is 1. The van der Waals surface area contributed by atoms with Crippen LogP contribution in [0.3, 0.4) is 0 Å². The molecule has 0 atom stereocenters. The highest BCUT2D eigenvalue weighted by Gasteiger charge is 2.14. The van der Waals surface area contributed by atoms with E-state index < -0.39 is 10.1 Å². The Hall–Kier alpha value is -3.33. The Labute approximate surface area is 162 Å². The summed E-state index contributed by atoms with van der Waals surface area (Å²) in [5, 5.41) is 4.73. The molecule has 146 valence electrons. The third kappa shape index (κ3) is 4.32. The molecule has 0 aliphatic rings. The zero-order chi connectivity index (χ0) is 20.1. The van der Waals surface area contributed by atoms with Gasteiger partial charge < -0.3 is 13.9 Å². The molecular formula is C19H19N3O5S. The number of aromatic amines is 1. The van der Waals surface area contributed by atoms with Gasteiger partial charge in [0.05, 0.1) is 24.6 Å². The van der Waals surface area contributed by atoms with Crippen LogP contribution in [0.4, 0.5) is 0 Å². The van der Waals surface area contributed by atoms with E-state index >= 15 is 0 Å². The fourth-order valence-corrected chi connectivity index (χ4v) is 3.04. The van der Waals surface area contributed by atoms with Crippen molar-refractivity contribution in [1.29, 1.82) is 0 Å². The van der Waals surface area contributed by atoms with Gasteiger partial charge in [0.15, 0.2) is 11.5 Å². The number of para-hydroxylation sites is 1. The van der Waals surface area contributed by atoms with Gasteiger partial charge in [-0.1, -0.05) is 18.2 Å². The summed E-state index contributed by atoms with van der Waals surface area (Å²) >= 11 is 0. The number of fused-ring (bicyclic) bond motifs is 1. The van der Waals surface area contributed by atoms with Crippen molar-refractivity contribution in [2.45, 2.75) is 6.92 Å². The quantitative estimate of drug-likeness (QED) is 0.359. The first-order chi connectivity index (χ1) is 13.4. The molecule has 1 aromatic heterocycles. The van der Waals surface area contributed by atoms with Gasteiger partial charge in [-0.2, -0.15) is 13.5 Å². The number of rotatable bonds is 7. The van der Waals surface area contributed by atoms with E-state index in [4.69, 9.17) is 8.92 Å². The van der Waals surface area contributed by atoms with E-state index in [9.17, 15) is 13.2 Å². The van der Waals surface area contributed by atoms with Gasteiger partial charge in [0.2, 0.25) is 0 Å². The molecule has 28 heavy (non-hydrogen) atoms. The van der Waals surface area contributed by atoms with Crippen LogP contribution in [0, 0.1) is 0 Å². The topological polar surface area (TPSA) is 110 Å². The zero-order valence-corrected chi connectivity index (χ0v) is 16.1. The van der Waals surface area contributed by atoms with Crippen LogP contribution >= 0.6 is 0 Å². The van der Waals surface area contributed by atoms with E-state index in [1.807, 2.05) is 24.3 Å². The summed E-state index contributed by atoms with van der Waals surface area (Å²) < 4.78 is 33.6. The molecule has 3 rings (SSSR count). The molecule has 0 fully saturated rings. The molecule has 0 spiro atoms. The number of H-pyrrole nitrogens is 1. The van der Waals surface area contributed by atoms with Gasteiger partial charge in [0, 0.05) is 17.1 Å². The lowest BCUT2D eigenvalue weighted by atomic mass is 10.2. The molecule has 2 N–H and O–H groups in total. The van der Waals surface area contributed by atoms with Crippen molar-refractivity contribution < 1.29 is 22.1 Å². The van der Waals surface area contributed by atoms with Crippen LogP contribution < -0.4 is 14.3 Å². The highest BCUT2D eigenvalue weighted by molar-refractivity contribution is 7.87.